The number of ketones is 1. The number of nitrogens with zero attached hydrogens (tertiary/aromatic N) is 2. The molecule has 1 amide bonds. The molecule has 0 unspecified atom stereocenters. The van der Waals surface area contributed by atoms with E-state index in [4.69, 9.17) is 18.9 Å². The zero-order valence-electron chi connectivity index (χ0n) is 22.3. The molecule has 9 nitrogen and oxygen atoms in total. The van der Waals surface area contributed by atoms with E-state index >= 15 is 0 Å². The van der Waals surface area contributed by atoms with Crippen molar-refractivity contribution in [1.29, 1.82) is 0 Å². The molecule has 2 aromatic carbocycles. The van der Waals surface area contributed by atoms with E-state index in [0.717, 1.165) is 26.1 Å². The maximum atomic E-state index is 13.4. The number of aliphatic hydroxyl groups is 1. The fraction of sp³-hybridized carbons (Fsp3) is 0.448. The van der Waals surface area contributed by atoms with Gasteiger partial charge in [0.25, 0.3) is 11.7 Å². The fourth-order valence-corrected chi connectivity index (χ4v) is 4.94. The Balaban J connectivity index is 1.72. The minimum absolute atomic E-state index is 0.0233. The fourth-order valence-electron chi connectivity index (χ4n) is 4.94. The first kappa shape index (κ1) is 27.5. The number of carbonyl (C=O) groups is 2. The van der Waals surface area contributed by atoms with Crippen LogP contribution >= 0.6 is 0 Å². The number of carbonyl (C=O) groups excluding carboxylic acids is 2. The van der Waals surface area contributed by atoms with Crippen LogP contribution in [-0.2, 0) is 14.3 Å². The van der Waals surface area contributed by atoms with Crippen molar-refractivity contribution in [1.82, 2.24) is 9.80 Å². The Morgan fingerprint density at radius 3 is 2.42 bits per heavy atom. The molecule has 4 rings (SSSR count). The molecule has 0 aliphatic carbocycles. The van der Waals surface area contributed by atoms with Crippen molar-refractivity contribution in [3.05, 3.63) is 59.2 Å². The number of para-hydroxylation sites is 1. The lowest BCUT2D eigenvalue weighted by Crippen LogP contribution is -2.39. The first-order valence-corrected chi connectivity index (χ1v) is 13.0. The van der Waals surface area contributed by atoms with E-state index in [9.17, 15) is 14.7 Å². The van der Waals surface area contributed by atoms with Crippen LogP contribution in [-0.4, -0.2) is 86.8 Å². The number of amides is 1. The molecule has 2 saturated heterocycles. The second-order valence-electron chi connectivity index (χ2n) is 9.26. The number of morpholine rings is 1. The molecule has 0 saturated carbocycles. The van der Waals surface area contributed by atoms with E-state index in [1.54, 1.807) is 42.5 Å². The van der Waals surface area contributed by atoms with Crippen molar-refractivity contribution in [2.75, 3.05) is 60.2 Å². The Labute approximate surface area is 223 Å². The molecule has 2 aliphatic rings. The van der Waals surface area contributed by atoms with Crippen LogP contribution in [0.2, 0.25) is 0 Å². The van der Waals surface area contributed by atoms with Gasteiger partial charge in [0.15, 0.2) is 11.5 Å². The average molecular weight is 525 g/mol. The minimum atomic E-state index is -0.833. The Hall–Kier alpha value is -3.56. The molecule has 2 fully saturated rings. The number of Topliss-reactive ketones (excluding diaryl/α,β-unsaturated/α-hetero) is 1. The van der Waals surface area contributed by atoms with Crippen molar-refractivity contribution >= 4 is 17.4 Å². The average Bonchev–Trinajstić information content (AvgIpc) is 3.21. The molecule has 2 heterocycles. The molecular formula is C29H36N2O7. The molecule has 9 heteroatoms. The Morgan fingerprint density at radius 2 is 1.76 bits per heavy atom. The summed E-state index contributed by atoms with van der Waals surface area (Å²) >= 11 is 0. The van der Waals surface area contributed by atoms with Gasteiger partial charge in [-0.15, -0.1) is 0 Å². The van der Waals surface area contributed by atoms with E-state index in [-0.39, 0.29) is 11.3 Å². The van der Waals surface area contributed by atoms with Gasteiger partial charge in [0.2, 0.25) is 0 Å². The van der Waals surface area contributed by atoms with E-state index in [1.807, 2.05) is 6.92 Å². The van der Waals surface area contributed by atoms with Crippen LogP contribution in [0.4, 0.5) is 0 Å². The van der Waals surface area contributed by atoms with Crippen molar-refractivity contribution in [3.63, 3.8) is 0 Å². The van der Waals surface area contributed by atoms with Gasteiger partial charge in [-0.3, -0.25) is 14.5 Å². The van der Waals surface area contributed by atoms with Crippen LogP contribution in [0.1, 0.15) is 36.9 Å². The quantitative estimate of drug-likeness (QED) is 0.270. The summed E-state index contributed by atoms with van der Waals surface area (Å²) in [4.78, 5) is 30.6. The van der Waals surface area contributed by atoms with Gasteiger partial charge in [-0.25, -0.2) is 0 Å². The summed E-state index contributed by atoms with van der Waals surface area (Å²) in [6, 6.07) is 11.3. The molecule has 0 aromatic heterocycles. The number of hydrogen-bond donors (Lipinski definition) is 1. The van der Waals surface area contributed by atoms with E-state index in [2.05, 4.69) is 4.90 Å². The lowest BCUT2D eigenvalue weighted by molar-refractivity contribution is -0.140. The third kappa shape index (κ3) is 5.79. The number of methoxy groups -OCH3 is 2. The van der Waals surface area contributed by atoms with Gasteiger partial charge < -0.3 is 29.0 Å². The zero-order chi connectivity index (χ0) is 27.1. The molecule has 1 N–H and O–H groups in total. The van der Waals surface area contributed by atoms with Crippen LogP contribution in [0.15, 0.2) is 48.0 Å². The maximum Gasteiger partial charge on any atom is 0.295 e. The zero-order valence-corrected chi connectivity index (χ0v) is 22.3. The van der Waals surface area contributed by atoms with Gasteiger partial charge in [-0.2, -0.15) is 0 Å². The van der Waals surface area contributed by atoms with Gasteiger partial charge in [0.1, 0.15) is 11.5 Å². The number of benzene rings is 2. The molecule has 2 aromatic rings. The van der Waals surface area contributed by atoms with Crippen LogP contribution in [0.3, 0.4) is 0 Å². The standard InChI is InChI=1S/C29H36N2O7/c1-4-17-38-21-11-9-20(10-12-21)26(32)24-25(22-7-5-8-23(35-2)28(22)36-3)31(29(34)27(24)33)14-6-13-30-15-18-37-19-16-30/h5,7-12,25,32H,4,6,13-19H2,1-3H3/b26-24+/t25-/m1/s1. The molecule has 0 spiro atoms. The summed E-state index contributed by atoms with van der Waals surface area (Å²) < 4.78 is 22.2. The highest BCUT2D eigenvalue weighted by Gasteiger charge is 2.47. The van der Waals surface area contributed by atoms with Crippen molar-refractivity contribution in [2.45, 2.75) is 25.8 Å². The minimum Gasteiger partial charge on any atom is -0.507 e. The highest BCUT2D eigenvalue weighted by molar-refractivity contribution is 6.46. The van der Waals surface area contributed by atoms with E-state index in [0.29, 0.717) is 61.2 Å². The smallest absolute Gasteiger partial charge is 0.295 e. The van der Waals surface area contributed by atoms with Gasteiger partial charge in [-0.1, -0.05) is 19.1 Å². The summed E-state index contributed by atoms with van der Waals surface area (Å²) in [6.45, 7) is 6.76. The third-order valence-corrected chi connectivity index (χ3v) is 6.85. The topological polar surface area (TPSA) is 97.8 Å². The number of hydrogen-bond acceptors (Lipinski definition) is 8. The third-order valence-electron chi connectivity index (χ3n) is 6.85. The predicted octanol–water partition coefficient (Wildman–Crippen LogP) is 3.64. The Morgan fingerprint density at radius 1 is 1.03 bits per heavy atom. The second kappa shape index (κ2) is 12.8. The molecule has 0 bridgehead atoms. The first-order valence-electron chi connectivity index (χ1n) is 13.0. The summed E-state index contributed by atoms with van der Waals surface area (Å²) in [5.74, 6) is -0.0640. The summed E-state index contributed by atoms with van der Waals surface area (Å²) in [5.41, 5.74) is 1.02. The Bertz CT molecular complexity index is 1160. The van der Waals surface area contributed by atoms with Gasteiger partial charge >= 0.3 is 0 Å². The lowest BCUT2D eigenvalue weighted by Gasteiger charge is -2.30. The Kier molecular flexibility index (Phi) is 9.25. The maximum absolute atomic E-state index is 13.4. The molecule has 0 radical (unpaired) electrons. The summed E-state index contributed by atoms with van der Waals surface area (Å²) in [6.07, 6.45) is 1.54. The molecule has 204 valence electrons. The van der Waals surface area contributed by atoms with Crippen LogP contribution < -0.4 is 14.2 Å². The van der Waals surface area contributed by atoms with Gasteiger partial charge in [-0.05, 0) is 43.2 Å². The highest BCUT2D eigenvalue weighted by Crippen LogP contribution is 2.45. The second-order valence-corrected chi connectivity index (χ2v) is 9.26. The number of ether oxygens (including phenoxy) is 4. The first-order chi connectivity index (χ1) is 18.5. The van der Waals surface area contributed by atoms with Crippen molar-refractivity contribution < 1.29 is 33.6 Å². The van der Waals surface area contributed by atoms with Crippen molar-refractivity contribution in [2.24, 2.45) is 0 Å². The van der Waals surface area contributed by atoms with Crippen LogP contribution in [0.5, 0.6) is 17.2 Å². The van der Waals surface area contributed by atoms with Crippen LogP contribution in [0, 0.1) is 0 Å². The lowest BCUT2D eigenvalue weighted by atomic mass is 9.94. The molecule has 38 heavy (non-hydrogen) atoms. The molecular weight excluding hydrogens is 488 g/mol. The number of rotatable bonds is 11. The van der Waals surface area contributed by atoms with Crippen molar-refractivity contribution in [3.8, 4) is 17.2 Å². The normalized spacial score (nSPS) is 19.6. The van der Waals surface area contributed by atoms with E-state index < -0.39 is 17.7 Å². The number of aliphatic hydroxyl groups excluding tert-OH is 1. The monoisotopic (exact) mass is 524 g/mol. The molecule has 1 atom stereocenters. The van der Waals surface area contributed by atoms with Gasteiger partial charge in [0.05, 0.1) is 45.7 Å². The van der Waals surface area contributed by atoms with Crippen LogP contribution in [0.25, 0.3) is 5.76 Å². The largest absolute Gasteiger partial charge is 0.507 e. The molecule has 2 aliphatic heterocycles. The van der Waals surface area contributed by atoms with Gasteiger partial charge in [0, 0.05) is 37.3 Å². The highest BCUT2D eigenvalue weighted by atomic mass is 16.5. The van der Waals surface area contributed by atoms with E-state index in [1.165, 1.54) is 19.1 Å². The predicted molar refractivity (Wildman–Crippen MR) is 143 cm³/mol. The summed E-state index contributed by atoms with van der Waals surface area (Å²) in [7, 11) is 3.05. The summed E-state index contributed by atoms with van der Waals surface area (Å²) in [5, 5.41) is 11.4. The SMILES string of the molecule is CCCOc1ccc(/C(O)=C2\C(=O)C(=O)N(CCCN3CCOCC3)[C@@H]2c2cccc(OC)c2OC)cc1. The number of likely N-dealkylation sites (tertiary alicyclic amines) is 1.